The van der Waals surface area contributed by atoms with E-state index in [2.05, 4.69) is 0 Å². The van der Waals surface area contributed by atoms with Gasteiger partial charge >= 0.3 is 5.97 Å². The van der Waals surface area contributed by atoms with Crippen molar-refractivity contribution in [1.82, 2.24) is 0 Å². The van der Waals surface area contributed by atoms with E-state index in [-0.39, 0.29) is 31.5 Å². The van der Waals surface area contributed by atoms with Crippen molar-refractivity contribution in [3.05, 3.63) is 50.2 Å². The third-order valence-corrected chi connectivity index (χ3v) is 3.89. The van der Waals surface area contributed by atoms with Crippen molar-refractivity contribution in [1.29, 1.82) is 0 Å². The third-order valence-electron chi connectivity index (χ3n) is 2.20. The van der Waals surface area contributed by atoms with E-state index in [1.165, 1.54) is 18.2 Å². The maximum absolute atomic E-state index is 11.0. The van der Waals surface area contributed by atoms with Gasteiger partial charge in [0.05, 0.1) is 19.9 Å². The molecule has 0 saturated heterocycles. The normalized spacial score (nSPS) is 10.5. The fourth-order valence-electron chi connectivity index (χ4n) is 1.34. The summed E-state index contributed by atoms with van der Waals surface area (Å²) in [5.41, 5.74) is -0.238. The van der Waals surface area contributed by atoms with Crippen LogP contribution in [0.15, 0.2) is 38.7 Å². The van der Waals surface area contributed by atoms with E-state index in [9.17, 15) is 14.9 Å². The van der Waals surface area contributed by atoms with E-state index in [0.717, 1.165) is 17.8 Å². The standard InChI is InChI=1S/C11H5Cl2NO5S/c12-5-3-7(14(17)18)9(4-6(5)13)20-10-2-1-8(19-10)11(15)16/h1-4H,(H,15,16). The van der Waals surface area contributed by atoms with Crippen LogP contribution in [0.25, 0.3) is 0 Å². The zero-order chi connectivity index (χ0) is 14.9. The molecule has 0 spiro atoms. The Bertz CT molecular complexity index is 700. The first-order valence-corrected chi connectivity index (χ1v) is 6.60. The number of carboxylic acids is 1. The first kappa shape index (κ1) is 14.7. The largest absolute Gasteiger partial charge is 0.475 e. The lowest BCUT2D eigenvalue weighted by Gasteiger charge is -2.03. The minimum absolute atomic E-state index is 0.0633. The van der Waals surface area contributed by atoms with Crippen LogP contribution in [0, 0.1) is 10.1 Å². The van der Waals surface area contributed by atoms with Gasteiger partial charge in [0.25, 0.3) is 5.69 Å². The number of hydrogen-bond acceptors (Lipinski definition) is 5. The molecule has 0 unspecified atom stereocenters. The van der Waals surface area contributed by atoms with Crippen molar-refractivity contribution < 1.29 is 19.2 Å². The topological polar surface area (TPSA) is 93.6 Å². The second-order valence-corrected chi connectivity index (χ2v) is 5.38. The number of halogens is 2. The van der Waals surface area contributed by atoms with Gasteiger partial charge in [-0.2, -0.15) is 0 Å². The fourth-order valence-corrected chi connectivity index (χ4v) is 2.63. The van der Waals surface area contributed by atoms with Gasteiger partial charge in [-0.25, -0.2) is 4.79 Å². The molecule has 104 valence electrons. The summed E-state index contributed by atoms with van der Waals surface area (Å²) >= 11 is 12.4. The number of nitrogens with zero attached hydrogens (tertiary/aromatic N) is 1. The Morgan fingerprint density at radius 1 is 1.30 bits per heavy atom. The molecule has 0 amide bonds. The molecule has 0 radical (unpaired) electrons. The van der Waals surface area contributed by atoms with E-state index in [0.29, 0.717) is 0 Å². The van der Waals surface area contributed by atoms with E-state index < -0.39 is 10.9 Å². The molecule has 6 nitrogen and oxygen atoms in total. The number of rotatable bonds is 4. The summed E-state index contributed by atoms with van der Waals surface area (Å²) in [6.45, 7) is 0. The minimum atomic E-state index is -1.22. The van der Waals surface area contributed by atoms with Crippen LogP contribution in [0.2, 0.25) is 10.0 Å². The van der Waals surface area contributed by atoms with Gasteiger partial charge in [-0.1, -0.05) is 23.2 Å². The molecule has 0 bridgehead atoms. The molecule has 0 saturated carbocycles. The van der Waals surface area contributed by atoms with Crippen molar-refractivity contribution >= 4 is 46.6 Å². The van der Waals surface area contributed by atoms with Crippen LogP contribution in [0.1, 0.15) is 10.6 Å². The number of benzene rings is 1. The van der Waals surface area contributed by atoms with Gasteiger partial charge in [0.15, 0.2) is 5.09 Å². The highest BCUT2D eigenvalue weighted by Gasteiger charge is 2.20. The van der Waals surface area contributed by atoms with Crippen LogP contribution in [0.4, 0.5) is 5.69 Å². The van der Waals surface area contributed by atoms with Gasteiger partial charge in [-0.3, -0.25) is 10.1 Å². The molecular weight excluding hydrogens is 329 g/mol. The van der Waals surface area contributed by atoms with Crippen molar-refractivity contribution in [3.8, 4) is 0 Å². The van der Waals surface area contributed by atoms with Crippen molar-refractivity contribution in [2.24, 2.45) is 0 Å². The summed E-state index contributed by atoms with van der Waals surface area (Å²) in [6.07, 6.45) is 0. The number of nitro benzene ring substituents is 1. The Balaban J connectivity index is 2.39. The lowest BCUT2D eigenvalue weighted by atomic mass is 10.3. The van der Waals surface area contributed by atoms with Gasteiger partial charge < -0.3 is 9.52 Å². The Labute approximate surface area is 126 Å². The minimum Gasteiger partial charge on any atom is -0.475 e. The van der Waals surface area contributed by atoms with Gasteiger partial charge in [-0.05, 0) is 30.0 Å². The molecule has 1 aromatic carbocycles. The monoisotopic (exact) mass is 333 g/mol. The van der Waals surface area contributed by atoms with Crippen molar-refractivity contribution in [2.45, 2.75) is 9.99 Å². The van der Waals surface area contributed by atoms with Crippen LogP contribution in [0.5, 0.6) is 0 Å². The maximum Gasteiger partial charge on any atom is 0.371 e. The molecule has 20 heavy (non-hydrogen) atoms. The van der Waals surface area contributed by atoms with Gasteiger partial charge in [0, 0.05) is 6.07 Å². The third kappa shape index (κ3) is 3.06. The smallest absolute Gasteiger partial charge is 0.371 e. The lowest BCUT2D eigenvalue weighted by Crippen LogP contribution is -1.92. The Kier molecular flexibility index (Phi) is 4.22. The average Bonchev–Trinajstić information content (AvgIpc) is 2.82. The predicted octanol–water partition coefficient (Wildman–Crippen LogP) is 4.34. The molecule has 2 aromatic rings. The molecule has 0 aliphatic rings. The van der Waals surface area contributed by atoms with Crippen LogP contribution in [0.3, 0.4) is 0 Å². The second-order valence-electron chi connectivity index (χ2n) is 3.52. The molecule has 0 atom stereocenters. The highest BCUT2D eigenvalue weighted by molar-refractivity contribution is 7.99. The number of carboxylic acid groups (broad SMARTS) is 1. The summed E-state index contributed by atoms with van der Waals surface area (Å²) in [5, 5.41) is 20.1. The predicted molar refractivity (Wildman–Crippen MR) is 72.9 cm³/mol. The highest BCUT2D eigenvalue weighted by Crippen LogP contribution is 2.40. The van der Waals surface area contributed by atoms with Crippen molar-refractivity contribution in [3.63, 3.8) is 0 Å². The second kappa shape index (κ2) is 5.74. The molecular formula is C11H5Cl2NO5S. The molecule has 9 heteroatoms. The molecule has 0 aliphatic carbocycles. The van der Waals surface area contributed by atoms with E-state index in [1.807, 2.05) is 0 Å². The van der Waals surface area contributed by atoms with E-state index in [4.69, 9.17) is 32.7 Å². The molecule has 1 aromatic heterocycles. The molecule has 0 fully saturated rings. The van der Waals surface area contributed by atoms with E-state index >= 15 is 0 Å². The maximum atomic E-state index is 11.0. The molecule has 0 aliphatic heterocycles. The molecule has 1 N–H and O–H groups in total. The molecule has 1 heterocycles. The van der Waals surface area contributed by atoms with Crippen LogP contribution >= 0.6 is 35.0 Å². The number of carbonyl (C=O) groups is 1. The Morgan fingerprint density at radius 2 is 1.95 bits per heavy atom. The van der Waals surface area contributed by atoms with Gasteiger partial charge in [0.1, 0.15) is 0 Å². The van der Waals surface area contributed by atoms with E-state index in [1.54, 1.807) is 0 Å². The summed E-state index contributed by atoms with van der Waals surface area (Å²) in [6, 6.07) is 5.12. The quantitative estimate of drug-likeness (QED) is 0.660. The lowest BCUT2D eigenvalue weighted by molar-refractivity contribution is -0.387. The van der Waals surface area contributed by atoms with Crippen LogP contribution in [-0.4, -0.2) is 16.0 Å². The zero-order valence-corrected chi connectivity index (χ0v) is 11.8. The number of furan rings is 1. The summed E-state index contributed by atoms with van der Waals surface area (Å²) in [4.78, 5) is 21.2. The Morgan fingerprint density at radius 3 is 2.50 bits per heavy atom. The van der Waals surface area contributed by atoms with Gasteiger partial charge in [0.2, 0.25) is 5.76 Å². The van der Waals surface area contributed by atoms with Crippen molar-refractivity contribution in [2.75, 3.05) is 0 Å². The fraction of sp³-hybridized carbons (Fsp3) is 0. The Hall–Kier alpha value is -1.70. The summed E-state index contributed by atoms with van der Waals surface area (Å²) < 4.78 is 5.02. The number of hydrogen-bond donors (Lipinski definition) is 1. The van der Waals surface area contributed by atoms with Crippen LogP contribution < -0.4 is 0 Å². The number of aromatic carboxylic acids is 1. The SMILES string of the molecule is O=C(O)c1ccc(Sc2cc(Cl)c(Cl)cc2[N+](=O)[O-])o1. The summed E-state index contributed by atoms with van der Waals surface area (Å²) in [5.74, 6) is -1.48. The molecule has 2 rings (SSSR count). The average molecular weight is 334 g/mol. The first-order chi connectivity index (χ1) is 9.38. The number of nitro groups is 1. The first-order valence-electron chi connectivity index (χ1n) is 5.03. The zero-order valence-electron chi connectivity index (χ0n) is 9.50. The van der Waals surface area contributed by atoms with Gasteiger partial charge in [-0.15, -0.1) is 0 Å². The summed E-state index contributed by atoms with van der Waals surface area (Å²) in [7, 11) is 0. The highest BCUT2D eigenvalue weighted by atomic mass is 35.5. The van der Waals surface area contributed by atoms with Crippen LogP contribution in [-0.2, 0) is 0 Å².